The molecule has 0 radical (unpaired) electrons. The lowest BCUT2D eigenvalue weighted by Gasteiger charge is -2.04. The van der Waals surface area contributed by atoms with Gasteiger partial charge in [-0.3, -0.25) is 10.2 Å². The van der Waals surface area contributed by atoms with Gasteiger partial charge in [-0.2, -0.15) is 0 Å². The van der Waals surface area contributed by atoms with Gasteiger partial charge in [0.05, 0.1) is 25.3 Å². The molecule has 7 heteroatoms. The van der Waals surface area contributed by atoms with E-state index < -0.39 is 5.91 Å². The van der Waals surface area contributed by atoms with Gasteiger partial charge in [0, 0.05) is 0 Å². The average molecular weight is 338 g/mol. The van der Waals surface area contributed by atoms with Crippen LogP contribution in [0, 0.1) is 5.41 Å². The van der Waals surface area contributed by atoms with Crippen LogP contribution in [0.2, 0.25) is 0 Å². The van der Waals surface area contributed by atoms with Crippen LogP contribution in [-0.2, 0) is 0 Å². The van der Waals surface area contributed by atoms with Crippen molar-refractivity contribution in [3.05, 3.63) is 59.7 Å². The Balaban J connectivity index is 0.000000403. The lowest BCUT2D eigenvalue weighted by molar-refractivity contribution is 0.0997. The lowest BCUT2D eigenvalue weighted by atomic mass is 10.2. The Morgan fingerprint density at radius 2 is 1.26 bits per heavy atom. The minimum atomic E-state index is -0.470. The first-order chi connectivity index (χ1) is 10.5. The van der Waals surface area contributed by atoms with E-state index in [2.05, 4.69) is 0 Å². The summed E-state index contributed by atoms with van der Waals surface area (Å²) in [7, 11) is 3.06. The standard InChI is InChI=1S/C8H10N2O.C8H9NO2.ClH/c2*1-11-7-5-3-2-4-6(7)8(9)10;/h2-5H,1H3,(H3,9,10);2-5H,1H3,(H2,9,10);1H. The number of nitrogen functional groups attached to an aromatic ring is 1. The van der Waals surface area contributed by atoms with E-state index in [1.54, 1.807) is 43.5 Å². The second-order valence-corrected chi connectivity index (χ2v) is 4.18. The molecule has 2 aromatic rings. The van der Waals surface area contributed by atoms with Crippen molar-refractivity contribution < 1.29 is 14.3 Å². The predicted molar refractivity (Wildman–Crippen MR) is 92.8 cm³/mol. The molecule has 0 saturated heterocycles. The smallest absolute Gasteiger partial charge is 0.252 e. The van der Waals surface area contributed by atoms with Gasteiger partial charge in [-0.1, -0.05) is 24.3 Å². The number of rotatable bonds is 4. The molecule has 0 fully saturated rings. The number of ether oxygens (including phenoxy) is 2. The van der Waals surface area contributed by atoms with Gasteiger partial charge in [0.15, 0.2) is 0 Å². The van der Waals surface area contributed by atoms with E-state index in [1.807, 2.05) is 12.1 Å². The van der Waals surface area contributed by atoms with Crippen LogP contribution in [0.5, 0.6) is 11.5 Å². The van der Waals surface area contributed by atoms with Crippen LogP contribution in [0.1, 0.15) is 15.9 Å². The predicted octanol–water partition coefficient (Wildman–Crippen LogP) is 2.20. The van der Waals surface area contributed by atoms with Crippen LogP contribution >= 0.6 is 12.4 Å². The number of nitrogens with one attached hydrogen (secondary N) is 1. The fourth-order valence-electron chi connectivity index (χ4n) is 1.72. The first kappa shape index (κ1) is 20.3. The van der Waals surface area contributed by atoms with Crippen molar-refractivity contribution >= 4 is 24.1 Å². The lowest BCUT2D eigenvalue weighted by Crippen LogP contribution is -2.12. The second-order valence-electron chi connectivity index (χ2n) is 4.18. The molecule has 0 atom stereocenters. The van der Waals surface area contributed by atoms with Crippen molar-refractivity contribution in [1.29, 1.82) is 5.41 Å². The molecule has 0 aliphatic rings. The van der Waals surface area contributed by atoms with E-state index in [9.17, 15) is 4.79 Å². The highest BCUT2D eigenvalue weighted by molar-refractivity contribution is 5.97. The number of hydrogen-bond donors (Lipinski definition) is 3. The van der Waals surface area contributed by atoms with Crippen molar-refractivity contribution in [2.75, 3.05) is 14.2 Å². The SMILES string of the molecule is COc1ccccc1C(=N)N.COc1ccccc1C(N)=O.Cl. The third kappa shape index (κ3) is 5.88. The van der Waals surface area contributed by atoms with Crippen molar-refractivity contribution in [2.45, 2.75) is 0 Å². The third-order valence-electron chi connectivity index (χ3n) is 2.77. The molecule has 0 saturated carbocycles. The van der Waals surface area contributed by atoms with Crippen LogP contribution in [0.4, 0.5) is 0 Å². The van der Waals surface area contributed by atoms with Crippen molar-refractivity contribution in [3.63, 3.8) is 0 Å². The first-order valence-electron chi connectivity index (χ1n) is 6.41. The molecule has 2 aromatic carbocycles. The summed E-state index contributed by atoms with van der Waals surface area (Å²) in [6.07, 6.45) is 0. The van der Waals surface area contributed by atoms with Crippen LogP contribution in [0.25, 0.3) is 0 Å². The highest BCUT2D eigenvalue weighted by atomic mass is 35.5. The highest BCUT2D eigenvalue weighted by Crippen LogP contribution is 2.16. The molecule has 6 nitrogen and oxygen atoms in total. The van der Waals surface area contributed by atoms with Crippen molar-refractivity contribution in [2.24, 2.45) is 11.5 Å². The Labute approximate surface area is 141 Å². The van der Waals surface area contributed by atoms with Gasteiger partial charge in [0.2, 0.25) is 0 Å². The quantitative estimate of drug-likeness (QED) is 0.586. The van der Waals surface area contributed by atoms with Crippen molar-refractivity contribution in [3.8, 4) is 11.5 Å². The Bertz CT molecular complexity index is 605. The van der Waals surface area contributed by atoms with E-state index in [-0.39, 0.29) is 18.2 Å². The van der Waals surface area contributed by atoms with E-state index >= 15 is 0 Å². The number of benzene rings is 2. The zero-order valence-corrected chi connectivity index (χ0v) is 13.7. The van der Waals surface area contributed by atoms with E-state index in [1.165, 1.54) is 7.11 Å². The molecule has 2 rings (SSSR count). The summed E-state index contributed by atoms with van der Waals surface area (Å²) in [5.41, 5.74) is 11.4. The molecular formula is C16H20ClN3O3. The number of para-hydroxylation sites is 2. The Morgan fingerprint density at radius 3 is 1.57 bits per heavy atom. The minimum Gasteiger partial charge on any atom is -0.496 e. The van der Waals surface area contributed by atoms with E-state index in [0.717, 1.165) is 0 Å². The molecule has 0 bridgehead atoms. The molecule has 23 heavy (non-hydrogen) atoms. The number of nitrogens with two attached hydrogens (primary N) is 2. The van der Waals surface area contributed by atoms with Gasteiger partial charge in [0.25, 0.3) is 5.91 Å². The van der Waals surface area contributed by atoms with Crippen molar-refractivity contribution in [1.82, 2.24) is 0 Å². The second kappa shape index (κ2) is 10.1. The van der Waals surface area contributed by atoms with Gasteiger partial charge in [-0.25, -0.2) is 0 Å². The number of methoxy groups -OCH3 is 2. The van der Waals surface area contributed by atoms with E-state index in [4.69, 9.17) is 26.4 Å². The summed E-state index contributed by atoms with van der Waals surface area (Å²) in [5.74, 6) is 0.713. The van der Waals surface area contributed by atoms with Crippen LogP contribution in [-0.4, -0.2) is 26.0 Å². The molecule has 0 aromatic heterocycles. The topological polar surface area (TPSA) is 111 Å². The van der Waals surface area contributed by atoms with Crippen LogP contribution < -0.4 is 20.9 Å². The molecule has 0 heterocycles. The minimum absolute atomic E-state index is 0. The molecular weight excluding hydrogens is 318 g/mol. The van der Waals surface area contributed by atoms with Crippen LogP contribution in [0.3, 0.4) is 0 Å². The van der Waals surface area contributed by atoms with E-state index in [0.29, 0.717) is 22.6 Å². The molecule has 0 spiro atoms. The summed E-state index contributed by atoms with van der Waals surface area (Å²) in [6, 6.07) is 14.0. The fraction of sp³-hybridized carbons (Fsp3) is 0.125. The largest absolute Gasteiger partial charge is 0.496 e. The van der Waals surface area contributed by atoms with Gasteiger partial charge < -0.3 is 20.9 Å². The Kier molecular flexibility index (Phi) is 8.88. The molecule has 5 N–H and O–H groups in total. The molecule has 0 aliphatic carbocycles. The monoisotopic (exact) mass is 337 g/mol. The average Bonchev–Trinajstić information content (AvgIpc) is 2.55. The fourth-order valence-corrected chi connectivity index (χ4v) is 1.72. The summed E-state index contributed by atoms with van der Waals surface area (Å²) in [4.78, 5) is 10.7. The summed E-state index contributed by atoms with van der Waals surface area (Å²) >= 11 is 0. The Hall–Kier alpha value is -2.73. The number of primary amides is 1. The summed E-state index contributed by atoms with van der Waals surface area (Å²) < 4.78 is 9.89. The van der Waals surface area contributed by atoms with Gasteiger partial charge in [0.1, 0.15) is 17.3 Å². The van der Waals surface area contributed by atoms with Crippen LogP contribution in [0.15, 0.2) is 48.5 Å². The molecule has 0 unspecified atom stereocenters. The number of carbonyl (C=O) groups excluding carboxylic acids is 1. The zero-order chi connectivity index (χ0) is 16.5. The Morgan fingerprint density at radius 1 is 0.870 bits per heavy atom. The molecule has 1 amide bonds. The number of amides is 1. The maximum Gasteiger partial charge on any atom is 0.252 e. The summed E-state index contributed by atoms with van der Waals surface area (Å²) in [5, 5.41) is 7.18. The maximum atomic E-state index is 10.7. The summed E-state index contributed by atoms with van der Waals surface area (Å²) in [6.45, 7) is 0. The van der Waals surface area contributed by atoms with Gasteiger partial charge in [-0.15, -0.1) is 12.4 Å². The normalized spacial score (nSPS) is 8.78. The third-order valence-corrected chi connectivity index (χ3v) is 2.77. The number of carbonyl (C=O) groups is 1. The zero-order valence-electron chi connectivity index (χ0n) is 12.9. The maximum absolute atomic E-state index is 10.7. The molecule has 124 valence electrons. The van der Waals surface area contributed by atoms with Gasteiger partial charge >= 0.3 is 0 Å². The first-order valence-corrected chi connectivity index (χ1v) is 6.41. The highest BCUT2D eigenvalue weighted by Gasteiger charge is 2.05. The number of hydrogen-bond acceptors (Lipinski definition) is 4. The number of amidine groups is 1. The number of halogens is 1. The van der Waals surface area contributed by atoms with Gasteiger partial charge in [-0.05, 0) is 24.3 Å². The molecule has 0 aliphatic heterocycles.